The van der Waals surface area contributed by atoms with E-state index in [1.165, 1.54) is 0 Å². The Bertz CT molecular complexity index is 923. The van der Waals surface area contributed by atoms with Gasteiger partial charge in [-0.1, -0.05) is 31.2 Å². The molecule has 0 bridgehead atoms. The van der Waals surface area contributed by atoms with Crippen LogP contribution in [0.1, 0.15) is 56.2 Å². The highest BCUT2D eigenvalue weighted by Crippen LogP contribution is 2.37. The topological polar surface area (TPSA) is 50.8 Å². The third kappa shape index (κ3) is 6.33. The Kier molecular flexibility index (Phi) is 8.10. The third-order valence-corrected chi connectivity index (χ3v) is 5.97. The van der Waals surface area contributed by atoms with Crippen molar-refractivity contribution < 1.29 is 27.4 Å². The zero-order chi connectivity index (χ0) is 24.0. The Morgan fingerprint density at radius 3 is 2.39 bits per heavy atom. The van der Waals surface area contributed by atoms with E-state index in [1.807, 2.05) is 35.6 Å². The smallest absolute Gasteiger partial charge is 0.471 e. The third-order valence-electron chi connectivity index (χ3n) is 5.97. The summed E-state index contributed by atoms with van der Waals surface area (Å²) in [5.74, 6) is 0.0368. The molecule has 1 heterocycles. The van der Waals surface area contributed by atoms with Crippen LogP contribution in [0.25, 0.3) is 0 Å². The Labute approximate surface area is 192 Å². The first-order chi connectivity index (χ1) is 15.7. The number of anilines is 1. The lowest BCUT2D eigenvalue weighted by molar-refractivity contribution is -0.174. The Morgan fingerprint density at radius 1 is 1.15 bits per heavy atom. The number of rotatable bonds is 8. The van der Waals surface area contributed by atoms with Crippen molar-refractivity contribution in [3.8, 4) is 11.5 Å². The highest BCUT2D eigenvalue weighted by molar-refractivity contribution is 5.82. The maximum atomic E-state index is 12.5. The summed E-state index contributed by atoms with van der Waals surface area (Å²) in [7, 11) is 1.66. The molecule has 1 aliphatic heterocycles. The number of ether oxygens (including phenoxy) is 2. The summed E-state index contributed by atoms with van der Waals surface area (Å²) in [5.41, 5.74) is 2.84. The molecule has 1 fully saturated rings. The molecular weight excluding hydrogens is 433 g/mol. The van der Waals surface area contributed by atoms with Crippen LogP contribution in [-0.4, -0.2) is 38.9 Å². The van der Waals surface area contributed by atoms with Gasteiger partial charge in [0, 0.05) is 19.2 Å². The number of nitrogens with one attached hydrogen (secondary N) is 1. The number of methoxy groups -OCH3 is 1. The Hall–Kier alpha value is -2.90. The van der Waals surface area contributed by atoms with E-state index in [0.29, 0.717) is 18.1 Å². The van der Waals surface area contributed by atoms with Crippen LogP contribution in [0.15, 0.2) is 42.5 Å². The molecule has 0 aliphatic carbocycles. The standard InChI is InChI=1S/C25H31F3N2O3/c1-4-15-33-21-9-10-22(23(16-21)32-3)30-13-11-20(12-14-30)19-7-5-18(6-8-19)17(2)29-24(31)25(26,27)28/h5-10,16-17,20H,4,11-15H2,1-3H3,(H,29,31)/t17-/m0/s1. The monoisotopic (exact) mass is 464 g/mol. The molecule has 3 rings (SSSR count). The van der Waals surface area contributed by atoms with E-state index in [1.54, 1.807) is 26.2 Å². The van der Waals surface area contributed by atoms with Crippen LogP contribution in [0.4, 0.5) is 18.9 Å². The zero-order valence-electron chi connectivity index (χ0n) is 19.2. The van der Waals surface area contributed by atoms with Crippen LogP contribution in [0.2, 0.25) is 0 Å². The molecule has 0 radical (unpaired) electrons. The first kappa shape index (κ1) is 24.7. The van der Waals surface area contributed by atoms with Crippen molar-refractivity contribution in [2.24, 2.45) is 0 Å². The van der Waals surface area contributed by atoms with E-state index >= 15 is 0 Å². The minimum Gasteiger partial charge on any atom is -0.494 e. The summed E-state index contributed by atoms with van der Waals surface area (Å²) in [6.45, 7) is 6.02. The van der Waals surface area contributed by atoms with Gasteiger partial charge in [-0.2, -0.15) is 13.2 Å². The predicted octanol–water partition coefficient (Wildman–Crippen LogP) is 5.61. The lowest BCUT2D eigenvalue weighted by Crippen LogP contribution is -2.38. The van der Waals surface area contributed by atoms with Crippen molar-refractivity contribution in [2.75, 3.05) is 31.7 Å². The van der Waals surface area contributed by atoms with E-state index in [4.69, 9.17) is 9.47 Å². The highest BCUT2D eigenvalue weighted by Gasteiger charge is 2.39. The summed E-state index contributed by atoms with van der Waals surface area (Å²) in [6, 6.07) is 12.7. The van der Waals surface area contributed by atoms with Crippen LogP contribution >= 0.6 is 0 Å². The molecule has 8 heteroatoms. The molecule has 5 nitrogen and oxygen atoms in total. The first-order valence-electron chi connectivity index (χ1n) is 11.3. The number of nitrogens with zero attached hydrogens (tertiary/aromatic N) is 1. The quantitative estimate of drug-likeness (QED) is 0.552. The first-order valence-corrected chi connectivity index (χ1v) is 11.3. The lowest BCUT2D eigenvalue weighted by Gasteiger charge is -2.34. The number of benzene rings is 2. The van der Waals surface area contributed by atoms with E-state index < -0.39 is 18.1 Å². The number of hydrogen-bond acceptors (Lipinski definition) is 4. The Morgan fingerprint density at radius 2 is 1.82 bits per heavy atom. The Balaban J connectivity index is 1.59. The van der Waals surface area contributed by atoms with Gasteiger partial charge in [0.1, 0.15) is 11.5 Å². The van der Waals surface area contributed by atoms with E-state index in [0.717, 1.165) is 55.1 Å². The van der Waals surface area contributed by atoms with Crippen LogP contribution in [0, 0.1) is 0 Å². The van der Waals surface area contributed by atoms with Gasteiger partial charge in [0.2, 0.25) is 0 Å². The second-order valence-corrected chi connectivity index (χ2v) is 8.30. The molecule has 1 N–H and O–H groups in total. The minimum atomic E-state index is -4.88. The van der Waals surface area contributed by atoms with Crippen molar-refractivity contribution in [3.63, 3.8) is 0 Å². The average Bonchev–Trinajstić information content (AvgIpc) is 2.82. The van der Waals surface area contributed by atoms with Gasteiger partial charge < -0.3 is 19.7 Å². The summed E-state index contributed by atoms with van der Waals surface area (Å²) in [5, 5.41) is 1.99. The molecule has 2 aromatic rings. The van der Waals surface area contributed by atoms with Gasteiger partial charge in [0.05, 0.1) is 25.4 Å². The minimum absolute atomic E-state index is 0.369. The second kappa shape index (κ2) is 10.8. The molecule has 1 aliphatic rings. The van der Waals surface area contributed by atoms with Crippen molar-refractivity contribution in [2.45, 2.75) is 51.2 Å². The number of amides is 1. The largest absolute Gasteiger partial charge is 0.494 e. The molecule has 33 heavy (non-hydrogen) atoms. The molecule has 0 saturated carbocycles. The van der Waals surface area contributed by atoms with Crippen molar-refractivity contribution in [3.05, 3.63) is 53.6 Å². The molecule has 180 valence electrons. The van der Waals surface area contributed by atoms with Crippen molar-refractivity contribution in [1.29, 1.82) is 0 Å². The average molecular weight is 465 g/mol. The summed E-state index contributed by atoms with van der Waals surface area (Å²) < 4.78 is 48.7. The van der Waals surface area contributed by atoms with E-state index in [2.05, 4.69) is 11.8 Å². The lowest BCUT2D eigenvalue weighted by atomic mass is 9.88. The van der Waals surface area contributed by atoms with Gasteiger partial charge in [-0.15, -0.1) is 0 Å². The number of carbonyl (C=O) groups excluding carboxylic acids is 1. The molecular formula is C25H31F3N2O3. The molecule has 1 saturated heterocycles. The fourth-order valence-electron chi connectivity index (χ4n) is 4.10. The number of alkyl halides is 3. The molecule has 0 spiro atoms. The summed E-state index contributed by atoms with van der Waals surface area (Å²) in [6.07, 6.45) is -2.03. The number of halogens is 3. The fraction of sp³-hybridized carbons (Fsp3) is 0.480. The molecule has 1 amide bonds. The molecule has 2 aromatic carbocycles. The number of piperidine rings is 1. The predicted molar refractivity (Wildman–Crippen MR) is 122 cm³/mol. The van der Waals surface area contributed by atoms with Gasteiger partial charge >= 0.3 is 12.1 Å². The van der Waals surface area contributed by atoms with Crippen molar-refractivity contribution in [1.82, 2.24) is 5.32 Å². The van der Waals surface area contributed by atoms with Gasteiger partial charge in [0.25, 0.3) is 0 Å². The fourth-order valence-corrected chi connectivity index (χ4v) is 4.10. The SMILES string of the molecule is CCCOc1ccc(N2CCC(c3ccc([C@H](C)NC(=O)C(F)(F)F)cc3)CC2)c(OC)c1. The normalized spacial score (nSPS) is 15.8. The number of hydrogen-bond donors (Lipinski definition) is 1. The van der Waals surface area contributed by atoms with Gasteiger partial charge in [-0.3, -0.25) is 4.79 Å². The maximum Gasteiger partial charge on any atom is 0.471 e. The van der Waals surface area contributed by atoms with Gasteiger partial charge in [-0.25, -0.2) is 0 Å². The van der Waals surface area contributed by atoms with Crippen LogP contribution in [0.5, 0.6) is 11.5 Å². The highest BCUT2D eigenvalue weighted by atomic mass is 19.4. The molecule has 0 unspecified atom stereocenters. The van der Waals surface area contributed by atoms with Crippen LogP contribution in [0.3, 0.4) is 0 Å². The van der Waals surface area contributed by atoms with Crippen molar-refractivity contribution >= 4 is 11.6 Å². The van der Waals surface area contributed by atoms with Gasteiger partial charge in [-0.05, 0) is 55.4 Å². The summed E-state index contributed by atoms with van der Waals surface area (Å²) in [4.78, 5) is 13.5. The summed E-state index contributed by atoms with van der Waals surface area (Å²) >= 11 is 0. The van der Waals surface area contributed by atoms with E-state index in [9.17, 15) is 18.0 Å². The zero-order valence-corrected chi connectivity index (χ0v) is 19.2. The van der Waals surface area contributed by atoms with Gasteiger partial charge in [0.15, 0.2) is 0 Å². The van der Waals surface area contributed by atoms with Crippen LogP contribution in [-0.2, 0) is 4.79 Å². The van der Waals surface area contributed by atoms with Crippen LogP contribution < -0.4 is 19.7 Å². The molecule has 0 aromatic heterocycles. The second-order valence-electron chi connectivity index (χ2n) is 8.30. The number of carbonyl (C=O) groups is 1. The van der Waals surface area contributed by atoms with E-state index in [-0.39, 0.29) is 0 Å². The maximum absolute atomic E-state index is 12.5. The molecule has 1 atom stereocenters.